The fraction of sp³-hybridized carbons (Fsp3) is 0.611. The van der Waals surface area contributed by atoms with Crippen LogP contribution in [0.1, 0.15) is 36.8 Å². The molecule has 2 rings (SSSR count). The van der Waals surface area contributed by atoms with Gasteiger partial charge in [0, 0.05) is 33.9 Å². The van der Waals surface area contributed by atoms with E-state index in [1.165, 1.54) is 12.5 Å². The average Bonchev–Trinajstić information content (AvgIpc) is 2.55. The number of nitrogens with one attached hydrogen (secondary N) is 2. The lowest BCUT2D eigenvalue weighted by Gasteiger charge is -2.42. The highest BCUT2D eigenvalue weighted by molar-refractivity contribution is 14.0. The van der Waals surface area contributed by atoms with E-state index in [-0.39, 0.29) is 35.9 Å². The van der Waals surface area contributed by atoms with Crippen molar-refractivity contribution in [3.05, 3.63) is 35.4 Å². The summed E-state index contributed by atoms with van der Waals surface area (Å²) in [7, 11) is 3.36. The van der Waals surface area contributed by atoms with Gasteiger partial charge >= 0.3 is 6.18 Å². The van der Waals surface area contributed by atoms with E-state index in [0.717, 1.165) is 44.5 Å². The van der Waals surface area contributed by atoms with Crippen molar-refractivity contribution in [1.29, 1.82) is 0 Å². The van der Waals surface area contributed by atoms with Crippen LogP contribution < -0.4 is 10.6 Å². The molecule has 0 spiro atoms. The summed E-state index contributed by atoms with van der Waals surface area (Å²) in [6.07, 6.45) is 0.221. The van der Waals surface area contributed by atoms with Gasteiger partial charge in [0.05, 0.1) is 5.56 Å². The highest BCUT2D eigenvalue weighted by Gasteiger charge is 2.36. The van der Waals surface area contributed by atoms with E-state index in [4.69, 9.17) is 4.74 Å². The Morgan fingerprint density at radius 1 is 1.27 bits per heavy atom. The summed E-state index contributed by atoms with van der Waals surface area (Å²) in [5.74, 6) is 0.598. The first-order valence-corrected chi connectivity index (χ1v) is 8.48. The van der Waals surface area contributed by atoms with Crippen molar-refractivity contribution in [2.75, 3.05) is 27.3 Å². The smallest absolute Gasteiger partial charge is 0.385 e. The highest BCUT2D eigenvalue weighted by Crippen LogP contribution is 2.43. The Hall–Kier alpha value is -1.03. The SMILES string of the molecule is CN=C(NCc1cccc(C(F)(F)F)c1)NCC1(CCOC)CCC1.I. The minimum atomic E-state index is -4.33. The van der Waals surface area contributed by atoms with Crippen molar-refractivity contribution in [1.82, 2.24) is 10.6 Å². The topological polar surface area (TPSA) is 45.7 Å². The number of guanidine groups is 1. The van der Waals surface area contributed by atoms with Gasteiger partial charge in [-0.25, -0.2) is 0 Å². The molecule has 1 aromatic rings. The quantitative estimate of drug-likeness (QED) is 0.346. The van der Waals surface area contributed by atoms with Crippen LogP contribution >= 0.6 is 24.0 Å². The van der Waals surface area contributed by atoms with Crippen molar-refractivity contribution < 1.29 is 17.9 Å². The van der Waals surface area contributed by atoms with Crippen LogP contribution in [0.3, 0.4) is 0 Å². The Morgan fingerprint density at radius 2 is 2.00 bits per heavy atom. The third-order valence-corrected chi connectivity index (χ3v) is 4.82. The van der Waals surface area contributed by atoms with Gasteiger partial charge in [-0.15, -0.1) is 24.0 Å². The predicted molar refractivity (Wildman–Crippen MR) is 108 cm³/mol. The molecule has 1 aliphatic carbocycles. The van der Waals surface area contributed by atoms with Gasteiger partial charge in [-0.1, -0.05) is 18.6 Å². The van der Waals surface area contributed by atoms with Crippen molar-refractivity contribution in [2.24, 2.45) is 10.4 Å². The van der Waals surface area contributed by atoms with Crippen LogP contribution in [0.2, 0.25) is 0 Å². The maximum atomic E-state index is 12.8. The summed E-state index contributed by atoms with van der Waals surface area (Å²) >= 11 is 0. The van der Waals surface area contributed by atoms with E-state index in [9.17, 15) is 13.2 Å². The number of methoxy groups -OCH3 is 1. The summed E-state index contributed by atoms with van der Waals surface area (Å²) in [6.45, 7) is 1.81. The van der Waals surface area contributed by atoms with Gasteiger partial charge in [-0.05, 0) is 42.4 Å². The predicted octanol–water partition coefficient (Wildman–Crippen LogP) is 4.20. The lowest BCUT2D eigenvalue weighted by Crippen LogP contribution is -2.46. The summed E-state index contributed by atoms with van der Waals surface area (Å²) in [5, 5.41) is 6.38. The molecule has 0 unspecified atom stereocenters. The first-order valence-electron chi connectivity index (χ1n) is 8.48. The number of halogens is 4. The van der Waals surface area contributed by atoms with Crippen LogP contribution in [0.5, 0.6) is 0 Å². The van der Waals surface area contributed by atoms with Gasteiger partial charge in [0.1, 0.15) is 0 Å². The number of rotatable bonds is 7. The molecule has 148 valence electrons. The molecule has 0 aliphatic heterocycles. The number of benzene rings is 1. The molecule has 4 nitrogen and oxygen atoms in total. The van der Waals surface area contributed by atoms with E-state index in [2.05, 4.69) is 15.6 Å². The molecule has 0 atom stereocenters. The third kappa shape index (κ3) is 6.61. The van der Waals surface area contributed by atoms with E-state index in [1.807, 2.05) is 0 Å². The Bertz CT molecular complexity index is 589. The number of hydrogen-bond acceptors (Lipinski definition) is 2. The van der Waals surface area contributed by atoms with Gasteiger partial charge in [0.2, 0.25) is 0 Å². The molecule has 1 aliphatic rings. The summed E-state index contributed by atoms with van der Waals surface area (Å²) in [4.78, 5) is 4.16. The Kier molecular flexibility index (Phi) is 9.15. The van der Waals surface area contributed by atoms with E-state index < -0.39 is 11.7 Å². The molecule has 1 aromatic carbocycles. The molecule has 0 saturated heterocycles. The molecule has 0 amide bonds. The fourth-order valence-electron chi connectivity index (χ4n) is 3.05. The monoisotopic (exact) mass is 485 g/mol. The minimum absolute atomic E-state index is 0. The normalized spacial score (nSPS) is 16.4. The van der Waals surface area contributed by atoms with Gasteiger partial charge in [-0.3, -0.25) is 4.99 Å². The second kappa shape index (κ2) is 10.3. The zero-order valence-corrected chi connectivity index (χ0v) is 17.5. The molecule has 2 N–H and O–H groups in total. The summed E-state index contributed by atoms with van der Waals surface area (Å²) in [5.41, 5.74) is 0.169. The number of hydrogen-bond donors (Lipinski definition) is 2. The lowest BCUT2D eigenvalue weighted by molar-refractivity contribution is -0.137. The van der Waals surface area contributed by atoms with Crippen molar-refractivity contribution in [2.45, 2.75) is 38.4 Å². The number of nitrogens with zero attached hydrogens (tertiary/aromatic N) is 1. The van der Waals surface area contributed by atoms with Gasteiger partial charge in [0.15, 0.2) is 5.96 Å². The number of aliphatic imine (C=N–C) groups is 1. The number of ether oxygens (including phenoxy) is 1. The first kappa shape index (κ1) is 23.0. The van der Waals surface area contributed by atoms with Crippen LogP contribution in [-0.4, -0.2) is 33.3 Å². The van der Waals surface area contributed by atoms with E-state index >= 15 is 0 Å². The van der Waals surface area contributed by atoms with Crippen LogP contribution in [0.4, 0.5) is 13.2 Å². The maximum Gasteiger partial charge on any atom is 0.416 e. The molecule has 0 aromatic heterocycles. The standard InChI is InChI=1S/C18H26F3N3O.HI/c1-22-16(24-13-17(7-4-8-17)9-10-25-2)23-12-14-5-3-6-15(11-14)18(19,20)21;/h3,5-6,11H,4,7-10,12-13H2,1-2H3,(H2,22,23,24);1H. The second-order valence-corrected chi connectivity index (χ2v) is 6.57. The van der Waals surface area contributed by atoms with Gasteiger partial charge in [0.25, 0.3) is 0 Å². The van der Waals surface area contributed by atoms with Gasteiger partial charge < -0.3 is 15.4 Å². The van der Waals surface area contributed by atoms with Crippen molar-refractivity contribution in [3.8, 4) is 0 Å². The first-order chi connectivity index (χ1) is 11.9. The average molecular weight is 485 g/mol. The molecular weight excluding hydrogens is 458 g/mol. The molecule has 1 saturated carbocycles. The van der Waals surface area contributed by atoms with Crippen molar-refractivity contribution in [3.63, 3.8) is 0 Å². The van der Waals surface area contributed by atoms with Gasteiger partial charge in [-0.2, -0.15) is 13.2 Å². The second-order valence-electron chi connectivity index (χ2n) is 6.57. The maximum absolute atomic E-state index is 12.8. The van der Waals surface area contributed by atoms with E-state index in [0.29, 0.717) is 11.5 Å². The third-order valence-electron chi connectivity index (χ3n) is 4.82. The molecule has 1 fully saturated rings. The highest BCUT2D eigenvalue weighted by atomic mass is 127. The Morgan fingerprint density at radius 3 is 2.54 bits per heavy atom. The fourth-order valence-corrected chi connectivity index (χ4v) is 3.05. The Labute approximate surface area is 170 Å². The van der Waals surface area contributed by atoms with Crippen LogP contribution in [0.15, 0.2) is 29.3 Å². The Balaban J connectivity index is 0.00000338. The number of alkyl halides is 3. The molecule has 26 heavy (non-hydrogen) atoms. The molecular formula is C18H27F3IN3O. The molecule has 0 bridgehead atoms. The lowest BCUT2D eigenvalue weighted by atomic mass is 9.67. The zero-order valence-electron chi connectivity index (χ0n) is 15.2. The largest absolute Gasteiger partial charge is 0.416 e. The summed E-state index contributed by atoms with van der Waals surface area (Å²) < 4.78 is 43.5. The van der Waals surface area contributed by atoms with E-state index in [1.54, 1.807) is 20.2 Å². The van der Waals surface area contributed by atoms with Crippen LogP contribution in [-0.2, 0) is 17.5 Å². The molecule has 0 radical (unpaired) electrons. The van der Waals surface area contributed by atoms with Crippen LogP contribution in [0, 0.1) is 5.41 Å². The van der Waals surface area contributed by atoms with Crippen molar-refractivity contribution >= 4 is 29.9 Å². The minimum Gasteiger partial charge on any atom is -0.385 e. The molecule has 0 heterocycles. The van der Waals surface area contributed by atoms with Crippen LogP contribution in [0.25, 0.3) is 0 Å². The zero-order chi connectivity index (χ0) is 18.3. The molecule has 8 heteroatoms. The summed E-state index contributed by atoms with van der Waals surface area (Å²) in [6, 6.07) is 5.32.